The highest BCUT2D eigenvalue weighted by Gasteiger charge is 2.12. The second-order valence-corrected chi connectivity index (χ2v) is 4.97. The Bertz CT molecular complexity index is 599. The first-order valence-corrected chi connectivity index (χ1v) is 6.35. The molecule has 0 aliphatic carbocycles. The predicted molar refractivity (Wildman–Crippen MR) is 76.7 cm³/mol. The monoisotopic (exact) mass is 354 g/mol. The van der Waals surface area contributed by atoms with Crippen LogP contribution in [0.1, 0.15) is 16.1 Å². The first-order chi connectivity index (χ1) is 8.56. The Morgan fingerprint density at radius 1 is 1.33 bits per heavy atom. The first kappa shape index (κ1) is 12.8. The van der Waals surface area contributed by atoms with Crippen molar-refractivity contribution in [2.75, 3.05) is 0 Å². The van der Waals surface area contributed by atoms with Gasteiger partial charge in [-0.25, -0.2) is 4.98 Å². The molecule has 0 aliphatic heterocycles. The van der Waals surface area contributed by atoms with Crippen molar-refractivity contribution >= 4 is 28.5 Å². The number of rotatable bonds is 3. The summed E-state index contributed by atoms with van der Waals surface area (Å²) in [6.07, 6.45) is 0. The van der Waals surface area contributed by atoms with Gasteiger partial charge in [-0.1, -0.05) is 6.07 Å². The number of carbonyl (C=O) groups excluding carboxylic acids is 1. The van der Waals surface area contributed by atoms with Crippen LogP contribution < -0.4 is 10.5 Å². The number of nitrogens with two attached hydrogens (primary N) is 1. The average Bonchev–Trinajstić information content (AvgIpc) is 2.28. The van der Waals surface area contributed by atoms with E-state index in [1.54, 1.807) is 18.2 Å². The van der Waals surface area contributed by atoms with Crippen LogP contribution in [0.4, 0.5) is 0 Å². The van der Waals surface area contributed by atoms with Crippen molar-refractivity contribution in [2.24, 2.45) is 5.73 Å². The molecule has 0 spiro atoms. The van der Waals surface area contributed by atoms with E-state index in [0.717, 1.165) is 9.26 Å². The molecule has 5 heteroatoms. The maximum atomic E-state index is 11.3. The van der Waals surface area contributed by atoms with E-state index < -0.39 is 5.91 Å². The highest BCUT2D eigenvalue weighted by Crippen LogP contribution is 2.24. The van der Waals surface area contributed by atoms with Gasteiger partial charge in [0.1, 0.15) is 11.3 Å². The Kier molecular flexibility index (Phi) is 3.81. The second-order valence-electron chi connectivity index (χ2n) is 3.73. The van der Waals surface area contributed by atoms with Gasteiger partial charge < -0.3 is 10.5 Å². The van der Waals surface area contributed by atoms with Crippen LogP contribution in [-0.4, -0.2) is 10.9 Å². The Labute approximate surface area is 118 Å². The summed E-state index contributed by atoms with van der Waals surface area (Å²) in [5.74, 6) is 0.315. The zero-order valence-electron chi connectivity index (χ0n) is 9.68. The maximum absolute atomic E-state index is 11.3. The number of hydrogen-bond acceptors (Lipinski definition) is 3. The molecule has 2 rings (SSSR count). The summed E-state index contributed by atoms with van der Waals surface area (Å²) in [4.78, 5) is 15.5. The van der Waals surface area contributed by atoms with E-state index in [0.29, 0.717) is 5.75 Å². The Balaban J connectivity index is 2.39. The van der Waals surface area contributed by atoms with E-state index in [2.05, 4.69) is 27.6 Å². The van der Waals surface area contributed by atoms with Gasteiger partial charge in [-0.05, 0) is 59.8 Å². The number of amides is 1. The molecule has 92 valence electrons. The molecule has 0 bridgehead atoms. The first-order valence-electron chi connectivity index (χ1n) is 5.27. The van der Waals surface area contributed by atoms with Crippen LogP contribution in [0, 0.1) is 10.5 Å². The molecule has 2 aromatic rings. The van der Waals surface area contributed by atoms with Gasteiger partial charge in [0.15, 0.2) is 0 Å². The summed E-state index contributed by atoms with van der Waals surface area (Å²) < 4.78 is 6.66. The quantitative estimate of drug-likeness (QED) is 0.862. The SMILES string of the molecule is Cc1ccc(C(N)=O)c(Oc2cccc(I)c2)n1. The van der Waals surface area contributed by atoms with E-state index in [1.807, 2.05) is 25.1 Å². The number of hydrogen-bond donors (Lipinski definition) is 1. The molecule has 0 radical (unpaired) electrons. The van der Waals surface area contributed by atoms with Crippen molar-refractivity contribution in [3.05, 3.63) is 51.2 Å². The van der Waals surface area contributed by atoms with Crippen LogP contribution >= 0.6 is 22.6 Å². The molecule has 0 aliphatic rings. The van der Waals surface area contributed by atoms with Gasteiger partial charge in [0, 0.05) is 9.26 Å². The lowest BCUT2D eigenvalue weighted by Crippen LogP contribution is -2.13. The molecule has 1 aromatic carbocycles. The van der Waals surface area contributed by atoms with Gasteiger partial charge >= 0.3 is 0 Å². The molecule has 4 nitrogen and oxygen atoms in total. The standard InChI is InChI=1S/C13H11IN2O2/c1-8-5-6-11(12(15)17)13(16-8)18-10-4-2-3-9(14)7-10/h2-7H,1H3,(H2,15,17). The normalized spacial score (nSPS) is 10.1. The van der Waals surface area contributed by atoms with Crippen LogP contribution in [0.3, 0.4) is 0 Å². The van der Waals surface area contributed by atoms with Crippen LogP contribution in [0.25, 0.3) is 0 Å². The Morgan fingerprint density at radius 3 is 2.78 bits per heavy atom. The van der Waals surface area contributed by atoms with Gasteiger partial charge in [-0.2, -0.15) is 0 Å². The van der Waals surface area contributed by atoms with Crippen molar-refractivity contribution in [3.63, 3.8) is 0 Å². The van der Waals surface area contributed by atoms with Crippen molar-refractivity contribution in [1.29, 1.82) is 0 Å². The lowest BCUT2D eigenvalue weighted by Gasteiger charge is -2.09. The van der Waals surface area contributed by atoms with Gasteiger partial charge in [0.05, 0.1) is 0 Å². The fraction of sp³-hybridized carbons (Fsp3) is 0.0769. The lowest BCUT2D eigenvalue weighted by molar-refractivity contribution is 0.0997. The zero-order valence-corrected chi connectivity index (χ0v) is 11.8. The van der Waals surface area contributed by atoms with E-state index in [9.17, 15) is 4.79 Å². The molecule has 1 amide bonds. The van der Waals surface area contributed by atoms with E-state index in [1.165, 1.54) is 0 Å². The fourth-order valence-corrected chi connectivity index (χ4v) is 1.95. The molecule has 2 N–H and O–H groups in total. The van der Waals surface area contributed by atoms with E-state index in [-0.39, 0.29) is 11.4 Å². The molecule has 0 fully saturated rings. The smallest absolute Gasteiger partial charge is 0.254 e. The van der Waals surface area contributed by atoms with Crippen LogP contribution in [0.5, 0.6) is 11.6 Å². The third kappa shape index (κ3) is 2.98. The minimum Gasteiger partial charge on any atom is -0.438 e. The summed E-state index contributed by atoms with van der Waals surface area (Å²) in [6.45, 7) is 1.83. The number of aryl methyl sites for hydroxylation is 1. The number of halogens is 1. The molecule has 0 atom stereocenters. The molecule has 1 heterocycles. The molecular weight excluding hydrogens is 343 g/mol. The fourth-order valence-electron chi connectivity index (χ4n) is 1.44. The van der Waals surface area contributed by atoms with Crippen molar-refractivity contribution in [2.45, 2.75) is 6.92 Å². The molecule has 0 unspecified atom stereocenters. The molecule has 0 saturated heterocycles. The predicted octanol–water partition coefficient (Wildman–Crippen LogP) is 2.89. The zero-order chi connectivity index (χ0) is 13.1. The van der Waals surface area contributed by atoms with Crippen LogP contribution in [0.2, 0.25) is 0 Å². The number of pyridine rings is 1. The maximum Gasteiger partial charge on any atom is 0.254 e. The summed E-state index contributed by atoms with van der Waals surface area (Å²) in [5, 5.41) is 0. The third-order valence-electron chi connectivity index (χ3n) is 2.28. The molecular formula is C13H11IN2O2. The lowest BCUT2D eigenvalue weighted by atomic mass is 10.2. The number of ether oxygens (including phenoxy) is 1. The van der Waals surface area contributed by atoms with Crippen LogP contribution in [0.15, 0.2) is 36.4 Å². The minimum atomic E-state index is -0.553. The van der Waals surface area contributed by atoms with Gasteiger partial charge in [-0.15, -0.1) is 0 Å². The second kappa shape index (κ2) is 5.34. The van der Waals surface area contributed by atoms with Crippen molar-refractivity contribution in [3.8, 4) is 11.6 Å². The topological polar surface area (TPSA) is 65.2 Å². The number of benzene rings is 1. The number of carbonyl (C=O) groups is 1. The summed E-state index contributed by atoms with van der Waals surface area (Å²) in [6, 6.07) is 10.8. The summed E-state index contributed by atoms with van der Waals surface area (Å²) in [7, 11) is 0. The number of primary amides is 1. The van der Waals surface area contributed by atoms with Crippen molar-refractivity contribution < 1.29 is 9.53 Å². The van der Waals surface area contributed by atoms with Crippen LogP contribution in [-0.2, 0) is 0 Å². The summed E-state index contributed by atoms with van der Waals surface area (Å²) >= 11 is 2.18. The van der Waals surface area contributed by atoms with E-state index >= 15 is 0 Å². The minimum absolute atomic E-state index is 0.240. The number of aromatic nitrogens is 1. The molecule has 18 heavy (non-hydrogen) atoms. The summed E-state index contributed by atoms with van der Waals surface area (Å²) in [5.41, 5.74) is 6.33. The van der Waals surface area contributed by atoms with Gasteiger partial charge in [0.25, 0.3) is 5.91 Å². The Hall–Kier alpha value is -1.63. The van der Waals surface area contributed by atoms with Gasteiger partial charge in [0.2, 0.25) is 5.88 Å². The van der Waals surface area contributed by atoms with Gasteiger partial charge in [-0.3, -0.25) is 4.79 Å². The highest BCUT2D eigenvalue weighted by molar-refractivity contribution is 14.1. The van der Waals surface area contributed by atoms with Crippen molar-refractivity contribution in [1.82, 2.24) is 4.98 Å². The largest absolute Gasteiger partial charge is 0.438 e. The number of nitrogens with zero attached hydrogens (tertiary/aromatic N) is 1. The van der Waals surface area contributed by atoms with E-state index in [4.69, 9.17) is 10.5 Å². The molecule has 0 saturated carbocycles. The average molecular weight is 354 g/mol. The molecule has 1 aromatic heterocycles. The highest BCUT2D eigenvalue weighted by atomic mass is 127. The third-order valence-corrected chi connectivity index (χ3v) is 2.95. The Morgan fingerprint density at radius 2 is 2.11 bits per heavy atom.